The lowest BCUT2D eigenvalue weighted by Gasteiger charge is -2.12. The van der Waals surface area contributed by atoms with Crippen LogP contribution in [0.15, 0.2) is 18.2 Å². The van der Waals surface area contributed by atoms with Crippen molar-refractivity contribution in [2.45, 2.75) is 20.0 Å². The maximum Gasteiger partial charge on any atom is 0.434 e. The number of fused-ring (bicyclic) bond motifs is 1. The molecular formula is C15H12F4N2O2. The maximum atomic E-state index is 13.8. The fourth-order valence-corrected chi connectivity index (χ4v) is 1.95. The number of esters is 1. The molecule has 0 saturated carbocycles. The molecule has 0 bridgehead atoms. The number of alkyl halides is 3. The van der Waals surface area contributed by atoms with E-state index in [0.29, 0.717) is 0 Å². The number of hydrogen-bond donors (Lipinski definition) is 0. The summed E-state index contributed by atoms with van der Waals surface area (Å²) in [4.78, 5) is 18.9. The molecule has 0 aliphatic heterocycles. The summed E-state index contributed by atoms with van der Waals surface area (Å²) in [6.07, 6.45) is -2.06. The molecule has 0 aliphatic rings. The number of carbonyl (C=O) groups excluding carboxylic acids is 1. The number of halogens is 4. The highest BCUT2D eigenvalue weighted by Crippen LogP contribution is 2.32. The third kappa shape index (κ3) is 3.46. The van der Waals surface area contributed by atoms with Gasteiger partial charge in [0.1, 0.15) is 11.5 Å². The molecule has 0 N–H and O–H groups in total. The molecule has 0 aromatic carbocycles. The van der Waals surface area contributed by atoms with E-state index in [-0.39, 0.29) is 23.3 Å². The van der Waals surface area contributed by atoms with Crippen LogP contribution in [-0.2, 0) is 10.9 Å². The lowest BCUT2D eigenvalue weighted by atomic mass is 10.1. The minimum absolute atomic E-state index is 0.0215. The molecule has 0 aliphatic carbocycles. The van der Waals surface area contributed by atoms with Gasteiger partial charge in [0.05, 0.1) is 12.2 Å². The average Bonchev–Trinajstić information content (AvgIpc) is 2.46. The number of pyridine rings is 2. The van der Waals surface area contributed by atoms with Crippen molar-refractivity contribution in [2.75, 3.05) is 6.61 Å². The second-order valence-electron chi connectivity index (χ2n) is 4.50. The highest BCUT2D eigenvalue weighted by Gasteiger charge is 2.38. The van der Waals surface area contributed by atoms with Crippen LogP contribution in [0.3, 0.4) is 0 Å². The van der Waals surface area contributed by atoms with Gasteiger partial charge in [-0.25, -0.2) is 19.2 Å². The summed E-state index contributed by atoms with van der Waals surface area (Å²) < 4.78 is 57.8. The first-order chi connectivity index (χ1) is 10.8. The smallest absolute Gasteiger partial charge is 0.434 e. The number of hydrogen-bond acceptors (Lipinski definition) is 4. The molecule has 2 heterocycles. The zero-order valence-corrected chi connectivity index (χ0v) is 12.2. The molecule has 0 spiro atoms. The second-order valence-corrected chi connectivity index (χ2v) is 4.50. The highest BCUT2D eigenvalue weighted by molar-refractivity contribution is 5.95. The van der Waals surface area contributed by atoms with Gasteiger partial charge in [0.2, 0.25) is 0 Å². The fourth-order valence-electron chi connectivity index (χ4n) is 1.95. The van der Waals surface area contributed by atoms with Crippen molar-refractivity contribution in [3.8, 4) is 0 Å². The minimum atomic E-state index is -4.87. The molecule has 2 rings (SSSR count). The van der Waals surface area contributed by atoms with E-state index in [1.807, 2.05) is 0 Å². The Morgan fingerprint density at radius 1 is 1.30 bits per heavy atom. The molecule has 2 aromatic heterocycles. The Morgan fingerprint density at radius 2 is 2.00 bits per heavy atom. The van der Waals surface area contributed by atoms with Crippen molar-refractivity contribution < 1.29 is 27.1 Å². The van der Waals surface area contributed by atoms with E-state index >= 15 is 0 Å². The van der Waals surface area contributed by atoms with Crippen molar-refractivity contribution in [1.29, 1.82) is 0 Å². The third-order valence-corrected chi connectivity index (χ3v) is 2.87. The van der Waals surface area contributed by atoms with Crippen molar-refractivity contribution >= 4 is 23.1 Å². The largest absolute Gasteiger partial charge is 0.462 e. The second kappa shape index (κ2) is 6.31. The fraction of sp³-hybridized carbons (Fsp3) is 0.267. The van der Waals surface area contributed by atoms with Crippen LogP contribution in [0, 0.1) is 5.82 Å². The molecule has 2 aromatic rings. The van der Waals surface area contributed by atoms with Crippen molar-refractivity contribution in [2.24, 2.45) is 0 Å². The Labute approximate surface area is 128 Å². The predicted octanol–water partition coefficient (Wildman–Crippen LogP) is 4.00. The molecule has 0 unspecified atom stereocenters. The van der Waals surface area contributed by atoms with E-state index < -0.39 is 29.2 Å². The van der Waals surface area contributed by atoms with Crippen LogP contribution in [0.5, 0.6) is 0 Å². The molecular weight excluding hydrogens is 316 g/mol. The summed E-state index contributed by atoms with van der Waals surface area (Å²) in [6, 6.07) is 1.87. The lowest BCUT2D eigenvalue weighted by molar-refractivity contribution is -0.141. The van der Waals surface area contributed by atoms with Gasteiger partial charge in [-0.3, -0.25) is 0 Å². The first-order valence-electron chi connectivity index (χ1n) is 6.66. The summed E-state index contributed by atoms with van der Waals surface area (Å²) in [5.41, 5.74) is -2.62. The van der Waals surface area contributed by atoms with Gasteiger partial charge in [-0.15, -0.1) is 0 Å². The first kappa shape index (κ1) is 16.9. The molecule has 8 heteroatoms. The number of allylic oxidation sites excluding steroid dienone is 1. The first-order valence-corrected chi connectivity index (χ1v) is 6.66. The number of rotatable bonds is 3. The molecule has 0 fully saturated rings. The standard InChI is InChI=1S/C15H12F4N2O2/c1-3-5-11-10(16)7-8-6-9(14(22)23-4-2)12(15(17,18)19)21-13(8)20-11/h3,5-7H,4H2,1-2H3. The van der Waals surface area contributed by atoms with E-state index in [0.717, 1.165) is 12.1 Å². The molecule has 0 saturated heterocycles. The van der Waals surface area contributed by atoms with E-state index in [4.69, 9.17) is 0 Å². The van der Waals surface area contributed by atoms with Crippen molar-refractivity contribution in [3.05, 3.63) is 41.0 Å². The predicted molar refractivity (Wildman–Crippen MR) is 75.2 cm³/mol. The minimum Gasteiger partial charge on any atom is -0.462 e. The van der Waals surface area contributed by atoms with E-state index in [1.165, 1.54) is 19.1 Å². The summed E-state index contributed by atoms with van der Waals surface area (Å²) in [6.45, 7) is 2.98. The number of ether oxygens (including phenoxy) is 1. The molecule has 0 radical (unpaired) electrons. The van der Waals surface area contributed by atoms with Crippen LogP contribution < -0.4 is 0 Å². The third-order valence-electron chi connectivity index (χ3n) is 2.87. The molecule has 4 nitrogen and oxygen atoms in total. The van der Waals surface area contributed by atoms with E-state index in [1.54, 1.807) is 6.92 Å². The SMILES string of the molecule is CC=Cc1nc2nc(C(F)(F)F)c(C(=O)OCC)cc2cc1F. The Balaban J connectivity index is 2.75. The van der Waals surface area contributed by atoms with E-state index in [2.05, 4.69) is 14.7 Å². The lowest BCUT2D eigenvalue weighted by Crippen LogP contribution is -2.17. The van der Waals surface area contributed by atoms with E-state index in [9.17, 15) is 22.4 Å². The molecule has 0 amide bonds. The van der Waals surface area contributed by atoms with Crippen molar-refractivity contribution in [3.63, 3.8) is 0 Å². The van der Waals surface area contributed by atoms with Crippen LogP contribution in [0.25, 0.3) is 17.1 Å². The normalized spacial score (nSPS) is 12.1. The summed E-state index contributed by atoms with van der Waals surface area (Å²) in [5, 5.41) is -0.0215. The van der Waals surface area contributed by atoms with Gasteiger partial charge >= 0.3 is 12.1 Å². The monoisotopic (exact) mass is 328 g/mol. The van der Waals surface area contributed by atoms with Gasteiger partial charge in [-0.1, -0.05) is 6.08 Å². The Bertz CT molecular complexity index is 785. The number of carbonyl (C=O) groups is 1. The molecule has 0 atom stereocenters. The topological polar surface area (TPSA) is 52.1 Å². The van der Waals surface area contributed by atoms with Crippen LogP contribution >= 0.6 is 0 Å². The van der Waals surface area contributed by atoms with Crippen LogP contribution in [0.2, 0.25) is 0 Å². The summed E-state index contributed by atoms with van der Waals surface area (Å²) in [5.74, 6) is -1.90. The Hall–Kier alpha value is -2.51. The molecule has 122 valence electrons. The maximum absolute atomic E-state index is 13.8. The summed E-state index contributed by atoms with van der Waals surface area (Å²) >= 11 is 0. The van der Waals surface area contributed by atoms with Crippen LogP contribution in [-0.4, -0.2) is 22.5 Å². The number of aromatic nitrogens is 2. The Kier molecular flexibility index (Phi) is 4.63. The average molecular weight is 328 g/mol. The van der Waals surface area contributed by atoms with Crippen LogP contribution in [0.1, 0.15) is 35.6 Å². The van der Waals surface area contributed by atoms with Gasteiger partial charge in [-0.05, 0) is 32.1 Å². The van der Waals surface area contributed by atoms with Gasteiger partial charge in [0.25, 0.3) is 0 Å². The zero-order valence-electron chi connectivity index (χ0n) is 12.2. The number of nitrogens with zero attached hydrogens (tertiary/aromatic N) is 2. The van der Waals surface area contributed by atoms with Gasteiger partial charge in [0, 0.05) is 5.39 Å². The molecule has 23 heavy (non-hydrogen) atoms. The van der Waals surface area contributed by atoms with Crippen molar-refractivity contribution in [1.82, 2.24) is 9.97 Å². The van der Waals surface area contributed by atoms with Gasteiger partial charge < -0.3 is 4.74 Å². The van der Waals surface area contributed by atoms with Crippen LogP contribution in [0.4, 0.5) is 17.6 Å². The summed E-state index contributed by atoms with van der Waals surface area (Å²) in [7, 11) is 0. The van der Waals surface area contributed by atoms with Gasteiger partial charge in [-0.2, -0.15) is 13.2 Å². The van der Waals surface area contributed by atoms with Gasteiger partial charge in [0.15, 0.2) is 11.3 Å². The zero-order chi connectivity index (χ0) is 17.2. The highest BCUT2D eigenvalue weighted by atomic mass is 19.4. The quantitative estimate of drug-likeness (QED) is 0.631. The Morgan fingerprint density at radius 3 is 2.57 bits per heavy atom.